The minimum atomic E-state index is -0.157. The zero-order valence-electron chi connectivity index (χ0n) is 12.4. The second kappa shape index (κ2) is 6.92. The van der Waals surface area contributed by atoms with Gasteiger partial charge in [0, 0.05) is 24.7 Å². The minimum Gasteiger partial charge on any atom is -0.496 e. The summed E-state index contributed by atoms with van der Waals surface area (Å²) in [4.78, 5) is 25.2. The molecule has 1 fully saturated rings. The van der Waals surface area contributed by atoms with Crippen LogP contribution in [0.15, 0.2) is 24.3 Å². The molecule has 0 unspecified atom stereocenters. The molecule has 1 saturated heterocycles. The van der Waals surface area contributed by atoms with E-state index >= 15 is 0 Å². The number of nitrogens with zero attached hydrogens (tertiary/aromatic N) is 1. The van der Waals surface area contributed by atoms with Crippen molar-refractivity contribution in [3.63, 3.8) is 0 Å². The van der Waals surface area contributed by atoms with Gasteiger partial charge in [-0.15, -0.1) is 0 Å². The van der Waals surface area contributed by atoms with Crippen LogP contribution in [0.4, 0.5) is 0 Å². The molecule has 1 aliphatic heterocycles. The lowest BCUT2D eigenvalue weighted by molar-refractivity contribution is -0.131. The average Bonchev–Trinajstić information content (AvgIpc) is 2.69. The van der Waals surface area contributed by atoms with Gasteiger partial charge in [0.25, 0.3) is 0 Å². The number of nitrogens with one attached hydrogen (secondary N) is 1. The standard InChI is InChI=1S/C16H20N2O3/c1-12-4-6-14(21-2)13(10-12)5-7-16(20)18-9-3-8-17-15(19)11-18/h4-7,10H,3,8-9,11H2,1-2H3,(H,17,19). The molecule has 112 valence electrons. The van der Waals surface area contributed by atoms with Crippen molar-refractivity contribution in [1.29, 1.82) is 0 Å². The van der Waals surface area contributed by atoms with Gasteiger partial charge >= 0.3 is 0 Å². The molecule has 1 heterocycles. The molecule has 2 amide bonds. The molecule has 0 bridgehead atoms. The van der Waals surface area contributed by atoms with Crippen LogP contribution in [0.3, 0.4) is 0 Å². The largest absolute Gasteiger partial charge is 0.496 e. The molecule has 0 saturated carbocycles. The number of hydrogen-bond donors (Lipinski definition) is 1. The van der Waals surface area contributed by atoms with Crippen LogP contribution in [0.25, 0.3) is 6.08 Å². The number of carbonyl (C=O) groups is 2. The van der Waals surface area contributed by atoms with Crippen molar-refractivity contribution in [2.24, 2.45) is 0 Å². The van der Waals surface area contributed by atoms with Crippen LogP contribution in [0.1, 0.15) is 17.5 Å². The molecule has 0 atom stereocenters. The van der Waals surface area contributed by atoms with Gasteiger partial charge in [-0.3, -0.25) is 9.59 Å². The second-order valence-corrected chi connectivity index (χ2v) is 5.04. The molecule has 1 N–H and O–H groups in total. The molecule has 0 aromatic heterocycles. The molecule has 0 spiro atoms. The summed E-state index contributed by atoms with van der Waals surface area (Å²) in [5.41, 5.74) is 1.95. The van der Waals surface area contributed by atoms with Gasteiger partial charge in [0.1, 0.15) is 5.75 Å². The molecular weight excluding hydrogens is 268 g/mol. The van der Waals surface area contributed by atoms with Crippen LogP contribution in [0.2, 0.25) is 0 Å². The number of rotatable bonds is 3. The number of amides is 2. The second-order valence-electron chi connectivity index (χ2n) is 5.04. The van der Waals surface area contributed by atoms with Gasteiger partial charge in [-0.1, -0.05) is 11.6 Å². The molecule has 5 nitrogen and oxygen atoms in total. The van der Waals surface area contributed by atoms with Gasteiger partial charge in [-0.25, -0.2) is 0 Å². The van der Waals surface area contributed by atoms with E-state index in [4.69, 9.17) is 4.74 Å². The third-order valence-electron chi connectivity index (χ3n) is 3.36. The van der Waals surface area contributed by atoms with Gasteiger partial charge in [0.2, 0.25) is 11.8 Å². The Balaban J connectivity index is 2.11. The van der Waals surface area contributed by atoms with E-state index in [1.165, 1.54) is 6.08 Å². The Bertz CT molecular complexity index is 567. The van der Waals surface area contributed by atoms with E-state index in [-0.39, 0.29) is 18.4 Å². The van der Waals surface area contributed by atoms with E-state index in [9.17, 15) is 9.59 Å². The summed E-state index contributed by atoms with van der Waals surface area (Å²) < 4.78 is 5.27. The average molecular weight is 288 g/mol. The van der Waals surface area contributed by atoms with Gasteiger partial charge < -0.3 is 15.0 Å². The highest BCUT2D eigenvalue weighted by Gasteiger charge is 2.17. The Hall–Kier alpha value is -2.30. The number of benzene rings is 1. The highest BCUT2D eigenvalue weighted by Crippen LogP contribution is 2.21. The Kier molecular flexibility index (Phi) is 4.98. The maximum atomic E-state index is 12.2. The third kappa shape index (κ3) is 4.08. The van der Waals surface area contributed by atoms with Crippen LogP contribution >= 0.6 is 0 Å². The lowest BCUT2D eigenvalue weighted by Gasteiger charge is -2.16. The smallest absolute Gasteiger partial charge is 0.247 e. The number of methoxy groups -OCH3 is 1. The third-order valence-corrected chi connectivity index (χ3v) is 3.36. The maximum Gasteiger partial charge on any atom is 0.247 e. The quantitative estimate of drug-likeness (QED) is 0.855. The zero-order chi connectivity index (χ0) is 15.2. The maximum absolute atomic E-state index is 12.2. The monoisotopic (exact) mass is 288 g/mol. The highest BCUT2D eigenvalue weighted by molar-refractivity contribution is 5.94. The van der Waals surface area contributed by atoms with Crippen molar-refractivity contribution in [1.82, 2.24) is 10.2 Å². The van der Waals surface area contributed by atoms with Crippen LogP contribution in [0, 0.1) is 6.92 Å². The van der Waals surface area contributed by atoms with E-state index in [2.05, 4.69) is 5.32 Å². The summed E-state index contributed by atoms with van der Waals surface area (Å²) in [6.07, 6.45) is 4.01. The molecule has 1 aromatic rings. The van der Waals surface area contributed by atoms with E-state index in [0.29, 0.717) is 13.1 Å². The van der Waals surface area contributed by atoms with Gasteiger partial charge in [-0.05, 0) is 31.6 Å². The fourth-order valence-corrected chi connectivity index (χ4v) is 2.24. The molecule has 2 rings (SSSR count). The first-order chi connectivity index (χ1) is 10.1. The fraction of sp³-hybridized carbons (Fsp3) is 0.375. The van der Waals surface area contributed by atoms with Crippen LogP contribution in [0.5, 0.6) is 5.75 Å². The number of hydrogen-bond acceptors (Lipinski definition) is 3. The van der Waals surface area contributed by atoms with E-state index in [0.717, 1.165) is 23.3 Å². The van der Waals surface area contributed by atoms with Crippen molar-refractivity contribution >= 4 is 17.9 Å². The van der Waals surface area contributed by atoms with Crippen LogP contribution in [-0.4, -0.2) is 43.5 Å². The molecule has 0 radical (unpaired) electrons. The summed E-state index contributed by atoms with van der Waals surface area (Å²) in [6, 6.07) is 5.79. The summed E-state index contributed by atoms with van der Waals surface area (Å²) in [6.45, 7) is 3.32. The van der Waals surface area contributed by atoms with Gasteiger partial charge in [0.05, 0.1) is 13.7 Å². The topological polar surface area (TPSA) is 58.6 Å². The van der Waals surface area contributed by atoms with Crippen LogP contribution < -0.4 is 10.1 Å². The molecule has 5 heteroatoms. The molecular formula is C16H20N2O3. The Morgan fingerprint density at radius 1 is 1.43 bits per heavy atom. The first kappa shape index (κ1) is 15.1. The highest BCUT2D eigenvalue weighted by atomic mass is 16.5. The summed E-state index contributed by atoms with van der Waals surface area (Å²) >= 11 is 0. The van der Waals surface area contributed by atoms with E-state index in [1.54, 1.807) is 18.1 Å². The normalized spacial score (nSPS) is 15.7. The van der Waals surface area contributed by atoms with Crippen molar-refractivity contribution in [2.75, 3.05) is 26.7 Å². The van der Waals surface area contributed by atoms with Gasteiger partial charge in [-0.2, -0.15) is 0 Å². The predicted molar refractivity (Wildman–Crippen MR) is 81.0 cm³/mol. The number of carbonyl (C=O) groups excluding carboxylic acids is 2. The van der Waals surface area contributed by atoms with Crippen molar-refractivity contribution in [3.8, 4) is 5.75 Å². The predicted octanol–water partition coefficient (Wildman–Crippen LogP) is 1.37. The molecule has 1 aliphatic rings. The summed E-state index contributed by atoms with van der Waals surface area (Å²) in [5, 5.41) is 2.75. The van der Waals surface area contributed by atoms with Crippen LogP contribution in [-0.2, 0) is 9.59 Å². The lowest BCUT2D eigenvalue weighted by atomic mass is 10.1. The number of ether oxygens (including phenoxy) is 1. The Morgan fingerprint density at radius 2 is 2.24 bits per heavy atom. The van der Waals surface area contributed by atoms with Gasteiger partial charge in [0.15, 0.2) is 0 Å². The summed E-state index contributed by atoms with van der Waals surface area (Å²) in [5.74, 6) is 0.455. The minimum absolute atomic E-state index is 0.109. The first-order valence-corrected chi connectivity index (χ1v) is 6.98. The summed E-state index contributed by atoms with van der Waals surface area (Å²) in [7, 11) is 1.60. The Labute approximate surface area is 124 Å². The number of aryl methyl sites for hydroxylation is 1. The first-order valence-electron chi connectivity index (χ1n) is 6.98. The molecule has 1 aromatic carbocycles. The Morgan fingerprint density at radius 3 is 3.00 bits per heavy atom. The van der Waals surface area contributed by atoms with Crippen molar-refractivity contribution in [2.45, 2.75) is 13.3 Å². The molecule has 0 aliphatic carbocycles. The zero-order valence-corrected chi connectivity index (χ0v) is 12.4. The lowest BCUT2D eigenvalue weighted by Crippen LogP contribution is -2.36. The van der Waals surface area contributed by atoms with Crippen molar-refractivity contribution in [3.05, 3.63) is 35.4 Å². The molecule has 21 heavy (non-hydrogen) atoms. The van der Waals surface area contributed by atoms with E-state index in [1.807, 2.05) is 25.1 Å². The van der Waals surface area contributed by atoms with Crippen molar-refractivity contribution < 1.29 is 14.3 Å². The SMILES string of the molecule is COc1ccc(C)cc1C=CC(=O)N1CCCNC(=O)C1. The fourth-order valence-electron chi connectivity index (χ4n) is 2.24. The van der Waals surface area contributed by atoms with E-state index < -0.39 is 0 Å².